The van der Waals surface area contributed by atoms with Crippen LogP contribution in [0.15, 0.2) is 48.5 Å². The van der Waals surface area contributed by atoms with Crippen LogP contribution in [0.2, 0.25) is 0 Å². The van der Waals surface area contributed by atoms with Crippen LogP contribution < -0.4 is 4.74 Å². The van der Waals surface area contributed by atoms with E-state index in [0.29, 0.717) is 5.75 Å². The van der Waals surface area contributed by atoms with Gasteiger partial charge in [-0.05, 0) is 35.4 Å². The molecule has 0 aliphatic rings. The fraction of sp³-hybridized carbons (Fsp3) is 0.188. The minimum absolute atomic E-state index is 0.0240. The number of carbonyl (C=O) groups is 1. The standard InChI is InChI=1S/C16H15FO3/c17-14-5-1-12(2-6-14)9-15(19)11-20-16-7-3-13(10-18)4-8-16/h1-8,18H,9-11H2. The third kappa shape index (κ3) is 4.17. The Kier molecular flexibility index (Phi) is 4.85. The molecule has 2 aromatic rings. The maximum absolute atomic E-state index is 12.7. The van der Waals surface area contributed by atoms with Crippen molar-refractivity contribution in [3.05, 3.63) is 65.5 Å². The van der Waals surface area contributed by atoms with E-state index in [0.717, 1.165) is 11.1 Å². The van der Waals surface area contributed by atoms with E-state index < -0.39 is 0 Å². The largest absolute Gasteiger partial charge is 0.486 e. The van der Waals surface area contributed by atoms with E-state index in [1.54, 1.807) is 36.4 Å². The summed E-state index contributed by atoms with van der Waals surface area (Å²) in [4.78, 5) is 11.7. The highest BCUT2D eigenvalue weighted by Gasteiger charge is 2.05. The zero-order valence-electron chi connectivity index (χ0n) is 10.9. The molecule has 0 radical (unpaired) electrons. The van der Waals surface area contributed by atoms with Crippen molar-refractivity contribution in [1.29, 1.82) is 0 Å². The SMILES string of the molecule is O=C(COc1ccc(CO)cc1)Cc1ccc(F)cc1. The summed E-state index contributed by atoms with van der Waals surface area (Å²) >= 11 is 0. The number of carbonyl (C=O) groups excluding carboxylic acids is 1. The molecule has 0 fully saturated rings. The first-order chi connectivity index (χ1) is 9.67. The zero-order valence-corrected chi connectivity index (χ0v) is 10.9. The molecule has 0 aromatic heterocycles. The molecule has 0 aliphatic carbocycles. The highest BCUT2D eigenvalue weighted by molar-refractivity contribution is 5.82. The van der Waals surface area contributed by atoms with Crippen LogP contribution in [0.25, 0.3) is 0 Å². The van der Waals surface area contributed by atoms with Crippen molar-refractivity contribution in [1.82, 2.24) is 0 Å². The molecule has 0 saturated carbocycles. The number of halogens is 1. The van der Waals surface area contributed by atoms with Gasteiger partial charge >= 0.3 is 0 Å². The van der Waals surface area contributed by atoms with Crippen LogP contribution in [0.1, 0.15) is 11.1 Å². The number of aliphatic hydroxyl groups is 1. The first-order valence-corrected chi connectivity index (χ1v) is 6.26. The van der Waals surface area contributed by atoms with Crippen molar-refractivity contribution < 1.29 is 19.0 Å². The average Bonchev–Trinajstić information content (AvgIpc) is 2.48. The van der Waals surface area contributed by atoms with Crippen LogP contribution in [0, 0.1) is 5.82 Å². The maximum Gasteiger partial charge on any atom is 0.174 e. The van der Waals surface area contributed by atoms with Crippen LogP contribution in [0.3, 0.4) is 0 Å². The Morgan fingerprint density at radius 1 is 1.00 bits per heavy atom. The van der Waals surface area contributed by atoms with Crippen LogP contribution in [0.4, 0.5) is 4.39 Å². The highest BCUT2D eigenvalue weighted by Crippen LogP contribution is 2.12. The van der Waals surface area contributed by atoms with E-state index in [1.165, 1.54) is 12.1 Å². The topological polar surface area (TPSA) is 46.5 Å². The summed E-state index contributed by atoms with van der Waals surface area (Å²) in [6.45, 7) is -0.0559. The predicted molar refractivity (Wildman–Crippen MR) is 73.0 cm³/mol. The van der Waals surface area contributed by atoms with Gasteiger partial charge in [-0.1, -0.05) is 24.3 Å². The first-order valence-electron chi connectivity index (χ1n) is 6.26. The Hall–Kier alpha value is -2.20. The molecule has 0 saturated heterocycles. The van der Waals surface area contributed by atoms with Crippen molar-refractivity contribution in [3.63, 3.8) is 0 Å². The minimum Gasteiger partial charge on any atom is -0.486 e. The highest BCUT2D eigenvalue weighted by atomic mass is 19.1. The van der Waals surface area contributed by atoms with Crippen molar-refractivity contribution >= 4 is 5.78 Å². The maximum atomic E-state index is 12.7. The van der Waals surface area contributed by atoms with Crippen LogP contribution in [-0.4, -0.2) is 17.5 Å². The number of rotatable bonds is 6. The first kappa shape index (κ1) is 14.2. The fourth-order valence-corrected chi connectivity index (χ4v) is 1.74. The molecule has 1 N–H and O–H groups in total. The monoisotopic (exact) mass is 274 g/mol. The molecule has 20 heavy (non-hydrogen) atoms. The van der Waals surface area contributed by atoms with E-state index in [1.807, 2.05) is 0 Å². The Bertz CT molecular complexity index is 561. The van der Waals surface area contributed by atoms with Gasteiger partial charge in [0.15, 0.2) is 5.78 Å². The minimum atomic E-state index is -0.318. The van der Waals surface area contributed by atoms with Gasteiger partial charge in [-0.3, -0.25) is 4.79 Å². The van der Waals surface area contributed by atoms with Gasteiger partial charge in [-0.2, -0.15) is 0 Å². The number of benzene rings is 2. The van der Waals surface area contributed by atoms with Gasteiger partial charge in [-0.25, -0.2) is 4.39 Å². The predicted octanol–water partition coefficient (Wildman–Crippen LogP) is 2.51. The summed E-state index contributed by atoms with van der Waals surface area (Å²) in [7, 11) is 0. The van der Waals surface area contributed by atoms with E-state index in [4.69, 9.17) is 9.84 Å². The Labute approximate surface area is 116 Å². The molecule has 104 valence electrons. The Balaban J connectivity index is 1.83. The van der Waals surface area contributed by atoms with E-state index in [-0.39, 0.29) is 31.2 Å². The van der Waals surface area contributed by atoms with Crippen LogP contribution in [-0.2, 0) is 17.8 Å². The molecule has 4 heteroatoms. The van der Waals surface area contributed by atoms with Crippen molar-refractivity contribution in [2.45, 2.75) is 13.0 Å². The quantitative estimate of drug-likeness (QED) is 0.880. The molecule has 0 heterocycles. The average molecular weight is 274 g/mol. The number of hydrogen-bond donors (Lipinski definition) is 1. The van der Waals surface area contributed by atoms with Gasteiger partial charge < -0.3 is 9.84 Å². The zero-order chi connectivity index (χ0) is 14.4. The number of ether oxygens (including phenoxy) is 1. The van der Waals surface area contributed by atoms with E-state index in [9.17, 15) is 9.18 Å². The van der Waals surface area contributed by atoms with Gasteiger partial charge in [0.1, 0.15) is 18.2 Å². The van der Waals surface area contributed by atoms with Gasteiger partial charge in [0.2, 0.25) is 0 Å². The molecule has 0 aliphatic heterocycles. The van der Waals surface area contributed by atoms with Gasteiger partial charge in [0.25, 0.3) is 0 Å². The summed E-state index contributed by atoms with van der Waals surface area (Å²) in [5, 5.41) is 8.91. The number of Topliss-reactive ketones (excluding diaryl/α,β-unsaturated/α-hetero) is 1. The number of aliphatic hydroxyl groups excluding tert-OH is 1. The molecule has 2 rings (SSSR count). The fourth-order valence-electron chi connectivity index (χ4n) is 1.74. The third-order valence-electron chi connectivity index (χ3n) is 2.82. The van der Waals surface area contributed by atoms with Gasteiger partial charge in [0, 0.05) is 6.42 Å². The summed E-state index contributed by atoms with van der Waals surface area (Å²) in [5.74, 6) is 0.180. The second-order valence-electron chi connectivity index (χ2n) is 4.43. The normalized spacial score (nSPS) is 10.3. The Morgan fingerprint density at radius 3 is 2.20 bits per heavy atom. The van der Waals surface area contributed by atoms with E-state index in [2.05, 4.69) is 0 Å². The van der Waals surface area contributed by atoms with E-state index >= 15 is 0 Å². The van der Waals surface area contributed by atoms with Crippen LogP contribution in [0.5, 0.6) is 5.75 Å². The number of hydrogen-bond acceptors (Lipinski definition) is 3. The molecule has 0 unspecified atom stereocenters. The lowest BCUT2D eigenvalue weighted by atomic mass is 10.1. The molecule has 0 spiro atoms. The van der Waals surface area contributed by atoms with Gasteiger partial charge in [0.05, 0.1) is 6.61 Å². The second-order valence-corrected chi connectivity index (χ2v) is 4.43. The molecule has 0 atom stereocenters. The lowest BCUT2D eigenvalue weighted by Crippen LogP contribution is -2.13. The Morgan fingerprint density at radius 2 is 1.60 bits per heavy atom. The number of ketones is 1. The van der Waals surface area contributed by atoms with Gasteiger partial charge in [-0.15, -0.1) is 0 Å². The molecule has 0 bridgehead atoms. The molecule has 2 aromatic carbocycles. The summed E-state index contributed by atoms with van der Waals surface area (Å²) in [6.07, 6.45) is 0.217. The van der Waals surface area contributed by atoms with Crippen molar-refractivity contribution in [3.8, 4) is 5.75 Å². The van der Waals surface area contributed by atoms with Crippen LogP contribution >= 0.6 is 0 Å². The lowest BCUT2D eigenvalue weighted by Gasteiger charge is -2.06. The molecule has 0 amide bonds. The lowest BCUT2D eigenvalue weighted by molar-refractivity contribution is -0.120. The molecular weight excluding hydrogens is 259 g/mol. The van der Waals surface area contributed by atoms with Crippen molar-refractivity contribution in [2.75, 3.05) is 6.61 Å². The summed E-state index contributed by atoms with van der Waals surface area (Å²) in [5.41, 5.74) is 1.55. The molecule has 3 nitrogen and oxygen atoms in total. The summed E-state index contributed by atoms with van der Waals surface area (Å²) < 4.78 is 18.1. The smallest absolute Gasteiger partial charge is 0.174 e. The second kappa shape index (κ2) is 6.82. The van der Waals surface area contributed by atoms with Crippen molar-refractivity contribution in [2.24, 2.45) is 0 Å². The summed E-state index contributed by atoms with van der Waals surface area (Å²) in [6, 6.07) is 12.7. The molecular formula is C16H15FO3. The third-order valence-corrected chi connectivity index (χ3v) is 2.82.